The van der Waals surface area contributed by atoms with Gasteiger partial charge in [-0.05, 0) is 6.92 Å². The van der Waals surface area contributed by atoms with Gasteiger partial charge >= 0.3 is 0 Å². The molecular formula is C11H19ClN2O3. The fraction of sp³-hybridized carbons (Fsp3) is 0.909. The predicted octanol–water partition coefficient (Wildman–Crippen LogP) is -0.170. The van der Waals surface area contributed by atoms with Crippen molar-refractivity contribution in [2.45, 2.75) is 24.4 Å². The maximum atomic E-state index is 11.6. The first-order valence-electron chi connectivity index (χ1n) is 6.02. The predicted molar refractivity (Wildman–Crippen MR) is 64.2 cm³/mol. The van der Waals surface area contributed by atoms with E-state index in [1.54, 1.807) is 6.92 Å². The molecule has 17 heavy (non-hydrogen) atoms. The van der Waals surface area contributed by atoms with Gasteiger partial charge in [-0.1, -0.05) is 0 Å². The molecule has 1 N–H and O–H groups in total. The summed E-state index contributed by atoms with van der Waals surface area (Å²) in [6, 6.07) is 0.292. The van der Waals surface area contributed by atoms with Gasteiger partial charge in [0.2, 0.25) is 5.91 Å². The summed E-state index contributed by atoms with van der Waals surface area (Å²) in [5, 5.41) is 2.45. The summed E-state index contributed by atoms with van der Waals surface area (Å²) >= 11 is 5.75. The van der Waals surface area contributed by atoms with Crippen molar-refractivity contribution in [2.75, 3.05) is 39.5 Å². The number of nitrogens with one attached hydrogen (secondary N) is 1. The van der Waals surface area contributed by atoms with Crippen LogP contribution in [0.2, 0.25) is 0 Å². The number of hydrogen-bond donors (Lipinski definition) is 1. The van der Waals surface area contributed by atoms with Crippen molar-refractivity contribution in [3.05, 3.63) is 0 Å². The third-order valence-corrected chi connectivity index (χ3v) is 3.45. The summed E-state index contributed by atoms with van der Waals surface area (Å²) in [4.78, 5) is 13.9. The molecule has 0 bridgehead atoms. The van der Waals surface area contributed by atoms with E-state index in [0.717, 1.165) is 26.3 Å². The monoisotopic (exact) mass is 262 g/mol. The molecule has 2 fully saturated rings. The average molecular weight is 263 g/mol. The van der Waals surface area contributed by atoms with Gasteiger partial charge in [0.05, 0.1) is 38.5 Å². The van der Waals surface area contributed by atoms with E-state index in [2.05, 4.69) is 10.2 Å². The molecule has 0 aromatic heterocycles. The molecule has 5 nitrogen and oxygen atoms in total. The highest BCUT2D eigenvalue weighted by Crippen LogP contribution is 2.15. The lowest BCUT2D eigenvalue weighted by Gasteiger charge is -2.34. The normalized spacial score (nSPS) is 32.4. The molecule has 0 aliphatic carbocycles. The van der Waals surface area contributed by atoms with E-state index < -0.39 is 5.38 Å². The molecule has 2 rings (SSSR count). The Kier molecular flexibility index (Phi) is 4.62. The van der Waals surface area contributed by atoms with Crippen LogP contribution in [-0.2, 0) is 14.3 Å². The number of amides is 1. The van der Waals surface area contributed by atoms with Crippen LogP contribution in [0.1, 0.15) is 6.92 Å². The minimum absolute atomic E-state index is 0.0433. The van der Waals surface area contributed by atoms with E-state index in [-0.39, 0.29) is 18.0 Å². The summed E-state index contributed by atoms with van der Waals surface area (Å²) in [5.41, 5.74) is 0. The van der Waals surface area contributed by atoms with Gasteiger partial charge in [0.15, 0.2) is 0 Å². The van der Waals surface area contributed by atoms with Gasteiger partial charge in [-0.25, -0.2) is 0 Å². The summed E-state index contributed by atoms with van der Waals surface area (Å²) in [7, 11) is 0. The molecule has 0 aromatic carbocycles. The van der Waals surface area contributed by atoms with Crippen molar-refractivity contribution in [2.24, 2.45) is 0 Å². The topological polar surface area (TPSA) is 50.8 Å². The summed E-state index contributed by atoms with van der Waals surface area (Å²) in [6.45, 7) is 6.22. The second-order valence-corrected chi connectivity index (χ2v) is 5.14. The number of rotatable bonds is 3. The second kappa shape index (κ2) is 6.00. The van der Waals surface area contributed by atoms with Gasteiger partial charge in [0.1, 0.15) is 5.38 Å². The Hall–Kier alpha value is -0.360. The molecule has 2 saturated heterocycles. The summed E-state index contributed by atoms with van der Waals surface area (Å²) in [6.07, 6.45) is 0. The Bertz CT molecular complexity index is 269. The van der Waals surface area contributed by atoms with Crippen LogP contribution in [0.5, 0.6) is 0 Å². The van der Waals surface area contributed by atoms with E-state index >= 15 is 0 Å². The minimum Gasteiger partial charge on any atom is -0.379 e. The highest BCUT2D eigenvalue weighted by molar-refractivity contribution is 6.30. The van der Waals surface area contributed by atoms with Crippen molar-refractivity contribution >= 4 is 17.5 Å². The summed E-state index contributed by atoms with van der Waals surface area (Å²) in [5.74, 6) is -0.125. The third kappa shape index (κ3) is 3.31. The molecule has 0 radical (unpaired) electrons. The molecule has 1 unspecified atom stereocenters. The van der Waals surface area contributed by atoms with Gasteiger partial charge in [0, 0.05) is 13.1 Å². The maximum absolute atomic E-state index is 11.6. The van der Waals surface area contributed by atoms with E-state index in [1.807, 2.05) is 0 Å². The first-order chi connectivity index (χ1) is 8.18. The van der Waals surface area contributed by atoms with E-state index in [0.29, 0.717) is 13.2 Å². The zero-order valence-electron chi connectivity index (χ0n) is 10.0. The Morgan fingerprint density at radius 2 is 2.06 bits per heavy atom. The van der Waals surface area contributed by atoms with Crippen LogP contribution in [0.15, 0.2) is 0 Å². The smallest absolute Gasteiger partial charge is 0.238 e. The zero-order valence-corrected chi connectivity index (χ0v) is 10.8. The first-order valence-corrected chi connectivity index (χ1v) is 6.46. The fourth-order valence-corrected chi connectivity index (χ4v) is 2.31. The molecular weight excluding hydrogens is 244 g/mol. The van der Waals surface area contributed by atoms with Crippen molar-refractivity contribution < 1.29 is 14.3 Å². The Morgan fingerprint density at radius 1 is 1.35 bits per heavy atom. The van der Waals surface area contributed by atoms with Crippen LogP contribution >= 0.6 is 11.6 Å². The van der Waals surface area contributed by atoms with Gasteiger partial charge in [-0.15, -0.1) is 11.6 Å². The standard InChI is InChI=1S/C11H19ClN2O3/c1-8(12)11(15)13-9-6-17-7-10(9)14-2-4-16-5-3-14/h8-10H,2-7H2,1H3,(H,13,15)/t8?,9-,10-/m1/s1. The van der Waals surface area contributed by atoms with Crippen LogP contribution in [0, 0.1) is 0 Å². The number of morpholine rings is 1. The quantitative estimate of drug-likeness (QED) is 0.718. The number of ether oxygens (including phenoxy) is 2. The number of hydrogen-bond acceptors (Lipinski definition) is 4. The molecule has 0 saturated carbocycles. The van der Waals surface area contributed by atoms with Gasteiger partial charge in [0.25, 0.3) is 0 Å². The van der Waals surface area contributed by atoms with Crippen molar-refractivity contribution in [3.8, 4) is 0 Å². The number of alkyl halides is 1. The molecule has 98 valence electrons. The lowest BCUT2D eigenvalue weighted by atomic mass is 10.1. The SMILES string of the molecule is CC(Cl)C(=O)N[C@@H]1COC[C@H]1N1CCOCC1. The van der Waals surface area contributed by atoms with Gasteiger partial charge in [-0.3, -0.25) is 9.69 Å². The third-order valence-electron chi connectivity index (χ3n) is 3.25. The molecule has 0 spiro atoms. The molecule has 2 aliphatic rings. The molecule has 3 atom stereocenters. The van der Waals surface area contributed by atoms with Crippen LogP contribution in [0.4, 0.5) is 0 Å². The fourth-order valence-electron chi connectivity index (χ4n) is 2.25. The van der Waals surface area contributed by atoms with Crippen LogP contribution in [-0.4, -0.2) is 67.8 Å². The zero-order chi connectivity index (χ0) is 12.3. The van der Waals surface area contributed by atoms with E-state index in [9.17, 15) is 4.79 Å². The van der Waals surface area contributed by atoms with Crippen molar-refractivity contribution in [1.82, 2.24) is 10.2 Å². The Labute approximate surface area is 106 Å². The van der Waals surface area contributed by atoms with Crippen LogP contribution < -0.4 is 5.32 Å². The highest BCUT2D eigenvalue weighted by Gasteiger charge is 2.35. The molecule has 6 heteroatoms. The number of carbonyl (C=O) groups excluding carboxylic acids is 1. The molecule has 0 aromatic rings. The Morgan fingerprint density at radius 3 is 2.71 bits per heavy atom. The second-order valence-electron chi connectivity index (χ2n) is 4.48. The largest absolute Gasteiger partial charge is 0.379 e. The first kappa shape index (κ1) is 13.1. The van der Waals surface area contributed by atoms with Crippen LogP contribution in [0.25, 0.3) is 0 Å². The van der Waals surface area contributed by atoms with Crippen LogP contribution in [0.3, 0.4) is 0 Å². The summed E-state index contributed by atoms with van der Waals surface area (Å²) < 4.78 is 10.8. The van der Waals surface area contributed by atoms with E-state index in [1.165, 1.54) is 0 Å². The molecule has 2 heterocycles. The lowest BCUT2D eigenvalue weighted by molar-refractivity contribution is -0.121. The van der Waals surface area contributed by atoms with Crippen molar-refractivity contribution in [1.29, 1.82) is 0 Å². The molecule has 1 amide bonds. The van der Waals surface area contributed by atoms with E-state index in [4.69, 9.17) is 21.1 Å². The highest BCUT2D eigenvalue weighted by atomic mass is 35.5. The Balaban J connectivity index is 1.89. The number of halogens is 1. The maximum Gasteiger partial charge on any atom is 0.238 e. The van der Waals surface area contributed by atoms with Gasteiger partial charge < -0.3 is 14.8 Å². The van der Waals surface area contributed by atoms with Crippen molar-refractivity contribution in [3.63, 3.8) is 0 Å². The number of nitrogens with zero attached hydrogens (tertiary/aromatic N) is 1. The average Bonchev–Trinajstić information content (AvgIpc) is 2.78. The number of carbonyl (C=O) groups is 1. The minimum atomic E-state index is -0.499. The van der Waals surface area contributed by atoms with Gasteiger partial charge in [-0.2, -0.15) is 0 Å². The molecule has 2 aliphatic heterocycles. The lowest BCUT2D eigenvalue weighted by Crippen LogP contribution is -2.54.